The van der Waals surface area contributed by atoms with Crippen LogP contribution >= 0.6 is 11.6 Å². The van der Waals surface area contributed by atoms with Gasteiger partial charge >= 0.3 is 6.09 Å². The topological polar surface area (TPSA) is 97.2 Å². The van der Waals surface area contributed by atoms with Crippen LogP contribution in [0.5, 0.6) is 0 Å². The van der Waals surface area contributed by atoms with E-state index in [0.29, 0.717) is 16.6 Å². The van der Waals surface area contributed by atoms with Crippen LogP contribution in [0, 0.1) is 11.8 Å². The third-order valence-electron chi connectivity index (χ3n) is 9.23. The Morgan fingerprint density at radius 2 is 1.92 bits per heavy atom. The van der Waals surface area contributed by atoms with Gasteiger partial charge in [-0.25, -0.2) is 14.8 Å². The number of carbonyl (C=O) groups excluding carboxylic acids is 1. The van der Waals surface area contributed by atoms with Crippen LogP contribution in [0.1, 0.15) is 76.6 Å². The van der Waals surface area contributed by atoms with Crippen LogP contribution in [-0.2, 0) is 11.4 Å². The van der Waals surface area contributed by atoms with Crippen LogP contribution in [0.25, 0.3) is 22.3 Å². The number of pyridine rings is 2. The number of halogens is 1. The van der Waals surface area contributed by atoms with Crippen LogP contribution in [0.4, 0.5) is 10.7 Å². The lowest BCUT2D eigenvalue weighted by molar-refractivity contribution is 0.121. The Labute approximate surface area is 227 Å². The molecule has 2 saturated carbocycles. The second kappa shape index (κ2) is 9.38. The number of imidazole rings is 1. The number of hydroxylamine groups is 1. The molecule has 2 aliphatic heterocycles. The van der Waals surface area contributed by atoms with Gasteiger partial charge in [-0.1, -0.05) is 31.4 Å². The molecule has 200 valence electrons. The van der Waals surface area contributed by atoms with E-state index in [0.717, 1.165) is 47.2 Å². The molecule has 4 aliphatic rings. The fraction of sp³-hybridized carbons (Fsp3) is 0.571. The molecule has 0 bridgehead atoms. The molecule has 4 fully saturated rings. The molecule has 2 N–H and O–H groups in total. The second-order valence-electron chi connectivity index (χ2n) is 11.7. The smallest absolute Gasteiger partial charge is 0.351 e. The number of hydrogen-bond donors (Lipinski definition) is 2. The predicted octanol–water partition coefficient (Wildman–Crippen LogP) is 5.74. The molecule has 9 nitrogen and oxygen atoms in total. The summed E-state index contributed by atoms with van der Waals surface area (Å²) in [5.41, 5.74) is 7.12. The van der Waals surface area contributed by atoms with E-state index < -0.39 is 12.3 Å². The number of nitrogens with one attached hydrogen (secondary N) is 2. The fourth-order valence-corrected chi connectivity index (χ4v) is 7.16. The van der Waals surface area contributed by atoms with Gasteiger partial charge in [-0.2, -0.15) is 0 Å². The maximum absolute atomic E-state index is 11.8. The highest BCUT2D eigenvalue weighted by Crippen LogP contribution is 2.48. The molecule has 38 heavy (non-hydrogen) atoms. The first-order valence-corrected chi connectivity index (χ1v) is 14.4. The van der Waals surface area contributed by atoms with E-state index in [-0.39, 0.29) is 5.54 Å². The summed E-state index contributed by atoms with van der Waals surface area (Å²) >= 11 is 6.40. The standard InChI is InChI=1S/C28H34ClN7O2/c1-17-4-6-18(7-5-17)16-35-24-21(32-26(35)36-11-3-10-28(36)8-2-9-28)13-22(25-33-27(37)38-34-25)31-23(24)19-12-20(29)15-30-14-19/h12-15,17-18,25,34H,2-11,16H2,1H3,(H,33,37). The first kappa shape index (κ1) is 24.2. The molecule has 2 aliphatic carbocycles. The number of aromatic nitrogens is 4. The minimum Gasteiger partial charge on any atom is -0.351 e. The minimum absolute atomic E-state index is 0.239. The van der Waals surface area contributed by atoms with Crippen molar-refractivity contribution in [1.82, 2.24) is 30.3 Å². The molecule has 0 aromatic carbocycles. The molecular weight excluding hydrogens is 502 g/mol. The SMILES string of the molecule is CC1CCC(Cn2c(N3CCCC34CCC4)nc3cc(C4NOC(=O)N4)nc(-c4cncc(Cl)c4)c32)CC1. The highest BCUT2D eigenvalue weighted by molar-refractivity contribution is 6.30. The Morgan fingerprint density at radius 3 is 2.63 bits per heavy atom. The van der Waals surface area contributed by atoms with Gasteiger partial charge in [0.05, 0.1) is 27.4 Å². The summed E-state index contributed by atoms with van der Waals surface area (Å²) in [4.78, 5) is 34.1. The molecule has 1 atom stereocenters. The number of hydrogen-bond acceptors (Lipinski definition) is 7. The lowest BCUT2D eigenvalue weighted by Gasteiger charge is -2.46. The molecule has 7 rings (SSSR count). The quantitative estimate of drug-likeness (QED) is 0.430. The number of nitrogens with zero attached hydrogens (tertiary/aromatic N) is 5. The Kier molecular flexibility index (Phi) is 5.96. The zero-order valence-corrected chi connectivity index (χ0v) is 22.5. The van der Waals surface area contributed by atoms with Gasteiger partial charge in [0.25, 0.3) is 0 Å². The Balaban J connectivity index is 1.42. The van der Waals surface area contributed by atoms with Crippen LogP contribution in [-0.4, -0.2) is 37.7 Å². The average Bonchev–Trinajstić information content (AvgIpc) is 3.61. The lowest BCUT2D eigenvalue weighted by Crippen LogP contribution is -2.50. The maximum atomic E-state index is 11.8. The van der Waals surface area contributed by atoms with Crippen molar-refractivity contribution in [2.45, 2.75) is 83.0 Å². The summed E-state index contributed by atoms with van der Waals surface area (Å²) < 4.78 is 2.45. The first-order valence-electron chi connectivity index (χ1n) is 14.0. The third-order valence-corrected chi connectivity index (χ3v) is 9.43. The highest BCUT2D eigenvalue weighted by Gasteiger charge is 2.47. The van der Waals surface area contributed by atoms with Crippen LogP contribution in [0.15, 0.2) is 24.5 Å². The summed E-state index contributed by atoms with van der Waals surface area (Å²) in [6.45, 7) is 4.33. The first-order chi connectivity index (χ1) is 18.5. The number of carbonyl (C=O) groups is 1. The summed E-state index contributed by atoms with van der Waals surface area (Å²) in [6.07, 6.45) is 13.6. The van der Waals surface area contributed by atoms with Gasteiger partial charge in [-0.3, -0.25) is 10.3 Å². The van der Waals surface area contributed by atoms with Crippen molar-refractivity contribution in [1.29, 1.82) is 0 Å². The zero-order valence-electron chi connectivity index (χ0n) is 21.8. The fourth-order valence-electron chi connectivity index (χ4n) is 6.98. The van der Waals surface area contributed by atoms with E-state index in [1.54, 1.807) is 12.4 Å². The molecule has 1 spiro atoms. The van der Waals surface area contributed by atoms with E-state index in [4.69, 9.17) is 26.4 Å². The number of fused-ring (bicyclic) bond motifs is 1. The van der Waals surface area contributed by atoms with Crippen molar-refractivity contribution in [2.24, 2.45) is 11.8 Å². The van der Waals surface area contributed by atoms with E-state index in [1.165, 1.54) is 57.8 Å². The van der Waals surface area contributed by atoms with Crippen molar-refractivity contribution in [3.63, 3.8) is 0 Å². The Morgan fingerprint density at radius 1 is 1.11 bits per heavy atom. The number of amides is 1. The van der Waals surface area contributed by atoms with Gasteiger partial charge in [0.15, 0.2) is 6.17 Å². The van der Waals surface area contributed by atoms with Gasteiger partial charge in [0, 0.05) is 36.6 Å². The molecule has 3 aromatic heterocycles. The van der Waals surface area contributed by atoms with Gasteiger partial charge in [-0.15, -0.1) is 5.48 Å². The van der Waals surface area contributed by atoms with E-state index >= 15 is 0 Å². The van der Waals surface area contributed by atoms with Crippen molar-refractivity contribution in [2.75, 3.05) is 11.4 Å². The van der Waals surface area contributed by atoms with Crippen LogP contribution in [0.2, 0.25) is 5.02 Å². The maximum Gasteiger partial charge on any atom is 0.427 e. The summed E-state index contributed by atoms with van der Waals surface area (Å²) in [5.74, 6) is 2.47. The molecule has 5 heterocycles. The molecule has 2 saturated heterocycles. The van der Waals surface area contributed by atoms with E-state index in [9.17, 15) is 4.79 Å². The normalized spacial score (nSPS) is 26.5. The molecule has 1 unspecified atom stereocenters. The molecule has 3 aromatic rings. The van der Waals surface area contributed by atoms with Crippen molar-refractivity contribution in [3.8, 4) is 11.3 Å². The second-order valence-corrected chi connectivity index (χ2v) is 12.2. The van der Waals surface area contributed by atoms with E-state index in [2.05, 4.69) is 32.2 Å². The Bertz CT molecular complexity index is 1380. The number of anilines is 1. The largest absolute Gasteiger partial charge is 0.427 e. The number of rotatable bonds is 5. The molecular formula is C28H34ClN7O2. The average molecular weight is 536 g/mol. The van der Waals surface area contributed by atoms with Crippen molar-refractivity contribution < 1.29 is 9.63 Å². The third kappa shape index (κ3) is 4.11. The lowest BCUT2D eigenvalue weighted by atomic mass is 9.75. The van der Waals surface area contributed by atoms with Crippen LogP contribution < -0.4 is 15.7 Å². The molecule has 0 radical (unpaired) electrons. The van der Waals surface area contributed by atoms with Gasteiger partial charge < -0.3 is 14.3 Å². The van der Waals surface area contributed by atoms with Gasteiger partial charge in [-0.05, 0) is 68.9 Å². The van der Waals surface area contributed by atoms with Gasteiger partial charge in [0.2, 0.25) is 5.95 Å². The van der Waals surface area contributed by atoms with Crippen molar-refractivity contribution >= 4 is 34.7 Å². The molecule has 1 amide bonds. The van der Waals surface area contributed by atoms with E-state index in [1.807, 2.05) is 12.1 Å². The molecule has 10 heteroatoms. The minimum atomic E-state index is -0.559. The van der Waals surface area contributed by atoms with Crippen molar-refractivity contribution in [3.05, 3.63) is 35.2 Å². The monoisotopic (exact) mass is 535 g/mol. The highest BCUT2D eigenvalue weighted by atomic mass is 35.5. The van der Waals surface area contributed by atoms with Crippen LogP contribution in [0.3, 0.4) is 0 Å². The summed E-state index contributed by atoms with van der Waals surface area (Å²) in [5, 5.41) is 3.34. The summed E-state index contributed by atoms with van der Waals surface area (Å²) in [6, 6.07) is 3.88. The zero-order chi connectivity index (χ0) is 25.9. The summed E-state index contributed by atoms with van der Waals surface area (Å²) in [7, 11) is 0. The van der Waals surface area contributed by atoms with Gasteiger partial charge in [0.1, 0.15) is 0 Å². The predicted molar refractivity (Wildman–Crippen MR) is 146 cm³/mol. The Hall–Kier alpha value is -2.91.